The SMILES string of the molecule is CCCOc1ccc(CNC(=NC)N2CCN(C(C)C(F)(F)F)CC2)cn1. The quantitative estimate of drug-likeness (QED) is 0.601. The van der Waals surface area contributed by atoms with Crippen LogP contribution in [-0.4, -0.2) is 72.8 Å². The average molecular weight is 387 g/mol. The smallest absolute Gasteiger partial charge is 0.403 e. The molecule has 27 heavy (non-hydrogen) atoms. The van der Waals surface area contributed by atoms with Gasteiger partial charge in [0.2, 0.25) is 5.88 Å². The van der Waals surface area contributed by atoms with Gasteiger partial charge in [0.05, 0.1) is 6.61 Å². The van der Waals surface area contributed by atoms with Crippen LogP contribution in [0.3, 0.4) is 0 Å². The molecule has 0 radical (unpaired) electrons. The minimum atomic E-state index is -4.19. The highest BCUT2D eigenvalue weighted by Gasteiger charge is 2.41. The van der Waals surface area contributed by atoms with Crippen molar-refractivity contribution < 1.29 is 17.9 Å². The normalized spacial score (nSPS) is 17.7. The highest BCUT2D eigenvalue weighted by atomic mass is 19.4. The molecule has 1 aromatic rings. The Hall–Kier alpha value is -2.03. The van der Waals surface area contributed by atoms with Crippen LogP contribution in [0.15, 0.2) is 23.3 Å². The topological polar surface area (TPSA) is 53.0 Å². The summed E-state index contributed by atoms with van der Waals surface area (Å²) in [6, 6.07) is 2.34. The number of piperazine rings is 1. The average Bonchev–Trinajstić information content (AvgIpc) is 2.67. The zero-order chi connectivity index (χ0) is 19.9. The van der Waals surface area contributed by atoms with Gasteiger partial charge in [-0.15, -0.1) is 0 Å². The molecule has 6 nitrogen and oxygen atoms in total. The Bertz CT molecular complexity index is 598. The van der Waals surface area contributed by atoms with Crippen molar-refractivity contribution in [2.75, 3.05) is 39.8 Å². The molecular weight excluding hydrogens is 359 g/mol. The summed E-state index contributed by atoms with van der Waals surface area (Å²) < 4.78 is 44.0. The maximum Gasteiger partial charge on any atom is 0.403 e. The van der Waals surface area contributed by atoms with Crippen LogP contribution in [0.2, 0.25) is 0 Å². The number of aliphatic imine (C=N–C) groups is 1. The van der Waals surface area contributed by atoms with Gasteiger partial charge in [-0.3, -0.25) is 9.89 Å². The predicted molar refractivity (Wildman–Crippen MR) is 98.9 cm³/mol. The van der Waals surface area contributed by atoms with E-state index in [1.54, 1.807) is 13.2 Å². The summed E-state index contributed by atoms with van der Waals surface area (Å²) in [4.78, 5) is 11.9. The lowest BCUT2D eigenvalue weighted by Crippen LogP contribution is -2.56. The second-order valence-electron chi connectivity index (χ2n) is 6.49. The Balaban J connectivity index is 1.82. The van der Waals surface area contributed by atoms with Gasteiger partial charge in [0, 0.05) is 52.0 Å². The van der Waals surface area contributed by atoms with Gasteiger partial charge in [-0.05, 0) is 18.9 Å². The minimum Gasteiger partial charge on any atom is -0.478 e. The van der Waals surface area contributed by atoms with E-state index in [4.69, 9.17) is 4.74 Å². The van der Waals surface area contributed by atoms with E-state index in [9.17, 15) is 13.2 Å². The van der Waals surface area contributed by atoms with Crippen molar-refractivity contribution in [1.29, 1.82) is 0 Å². The fraction of sp³-hybridized carbons (Fsp3) is 0.667. The molecular formula is C18H28F3N5O. The van der Waals surface area contributed by atoms with Gasteiger partial charge in [0.1, 0.15) is 6.04 Å². The molecule has 1 aliphatic rings. The number of pyridine rings is 1. The first kappa shape index (κ1) is 21.3. The molecule has 2 heterocycles. The highest BCUT2D eigenvalue weighted by molar-refractivity contribution is 5.80. The first-order chi connectivity index (χ1) is 12.8. The van der Waals surface area contributed by atoms with Crippen molar-refractivity contribution in [2.24, 2.45) is 4.99 Å². The monoisotopic (exact) mass is 387 g/mol. The number of guanidine groups is 1. The van der Waals surface area contributed by atoms with Crippen molar-refractivity contribution in [3.05, 3.63) is 23.9 Å². The summed E-state index contributed by atoms with van der Waals surface area (Å²) in [6.07, 6.45) is -1.52. The summed E-state index contributed by atoms with van der Waals surface area (Å²) >= 11 is 0. The van der Waals surface area contributed by atoms with E-state index in [2.05, 4.69) is 15.3 Å². The van der Waals surface area contributed by atoms with Gasteiger partial charge in [-0.2, -0.15) is 13.2 Å². The Morgan fingerprint density at radius 2 is 2.00 bits per heavy atom. The lowest BCUT2D eigenvalue weighted by Gasteiger charge is -2.39. The van der Waals surface area contributed by atoms with Crippen molar-refractivity contribution in [3.8, 4) is 5.88 Å². The van der Waals surface area contributed by atoms with Gasteiger partial charge < -0.3 is 15.0 Å². The van der Waals surface area contributed by atoms with Crippen molar-refractivity contribution in [1.82, 2.24) is 20.1 Å². The number of aromatic nitrogens is 1. The van der Waals surface area contributed by atoms with Crippen molar-refractivity contribution in [2.45, 2.75) is 39.0 Å². The standard InChI is InChI=1S/C18H28F3N5O/c1-4-11-27-16-6-5-15(12-23-16)13-24-17(22-3)26-9-7-25(8-10-26)14(2)18(19,20)21/h5-6,12,14H,4,7-11,13H2,1-3H3,(H,22,24). The maximum absolute atomic E-state index is 12.9. The molecule has 9 heteroatoms. The van der Waals surface area contributed by atoms with Crippen LogP contribution in [0, 0.1) is 0 Å². The number of nitrogens with zero attached hydrogens (tertiary/aromatic N) is 4. The van der Waals surface area contributed by atoms with E-state index < -0.39 is 12.2 Å². The molecule has 0 aliphatic carbocycles. The van der Waals surface area contributed by atoms with E-state index in [-0.39, 0.29) is 0 Å². The molecule has 1 aliphatic heterocycles. The Labute approximate surface area is 158 Å². The lowest BCUT2D eigenvalue weighted by molar-refractivity contribution is -0.181. The number of ether oxygens (including phenoxy) is 1. The number of nitrogens with one attached hydrogen (secondary N) is 1. The number of hydrogen-bond acceptors (Lipinski definition) is 4. The summed E-state index contributed by atoms with van der Waals surface area (Å²) in [5.74, 6) is 1.28. The van der Waals surface area contributed by atoms with Gasteiger partial charge >= 0.3 is 6.18 Å². The first-order valence-electron chi connectivity index (χ1n) is 9.19. The van der Waals surface area contributed by atoms with Crippen molar-refractivity contribution in [3.63, 3.8) is 0 Å². The van der Waals surface area contributed by atoms with Crippen LogP contribution in [0.4, 0.5) is 13.2 Å². The number of rotatable bonds is 6. The Morgan fingerprint density at radius 1 is 1.30 bits per heavy atom. The zero-order valence-corrected chi connectivity index (χ0v) is 16.1. The number of hydrogen-bond donors (Lipinski definition) is 1. The third-order valence-corrected chi connectivity index (χ3v) is 4.55. The first-order valence-corrected chi connectivity index (χ1v) is 9.19. The maximum atomic E-state index is 12.9. The molecule has 1 aromatic heterocycles. The minimum absolute atomic E-state index is 0.354. The van der Waals surface area contributed by atoms with Crippen LogP contribution >= 0.6 is 0 Å². The third-order valence-electron chi connectivity index (χ3n) is 4.55. The molecule has 2 rings (SSSR count). The molecule has 1 N–H and O–H groups in total. The molecule has 1 saturated heterocycles. The van der Waals surface area contributed by atoms with E-state index in [0.717, 1.165) is 12.0 Å². The zero-order valence-electron chi connectivity index (χ0n) is 16.1. The van der Waals surface area contributed by atoms with Crippen LogP contribution in [0.1, 0.15) is 25.8 Å². The molecule has 0 aromatic carbocycles. The van der Waals surface area contributed by atoms with Gasteiger partial charge in [0.25, 0.3) is 0 Å². The highest BCUT2D eigenvalue weighted by Crippen LogP contribution is 2.25. The van der Waals surface area contributed by atoms with Crippen LogP contribution in [0.25, 0.3) is 0 Å². The van der Waals surface area contributed by atoms with Crippen LogP contribution in [-0.2, 0) is 6.54 Å². The van der Waals surface area contributed by atoms with Crippen LogP contribution in [0.5, 0.6) is 5.88 Å². The summed E-state index contributed by atoms with van der Waals surface area (Å²) in [5, 5.41) is 3.25. The van der Waals surface area contributed by atoms with Gasteiger partial charge in [-0.25, -0.2) is 4.98 Å². The molecule has 0 bridgehead atoms. The van der Waals surface area contributed by atoms with E-state index in [1.807, 2.05) is 24.0 Å². The molecule has 1 unspecified atom stereocenters. The summed E-state index contributed by atoms with van der Waals surface area (Å²) in [5.41, 5.74) is 0.976. The predicted octanol–water partition coefficient (Wildman–Crippen LogP) is 2.51. The lowest BCUT2D eigenvalue weighted by atomic mass is 10.2. The molecule has 1 atom stereocenters. The fourth-order valence-corrected chi connectivity index (χ4v) is 2.85. The Morgan fingerprint density at radius 3 is 2.52 bits per heavy atom. The molecule has 0 amide bonds. The molecule has 152 valence electrons. The van der Waals surface area contributed by atoms with Gasteiger partial charge in [0.15, 0.2) is 5.96 Å². The fourth-order valence-electron chi connectivity index (χ4n) is 2.85. The third kappa shape index (κ3) is 6.27. The van der Waals surface area contributed by atoms with E-state index >= 15 is 0 Å². The molecule has 0 saturated carbocycles. The van der Waals surface area contributed by atoms with Crippen molar-refractivity contribution >= 4 is 5.96 Å². The number of alkyl halides is 3. The molecule has 0 spiro atoms. The van der Waals surface area contributed by atoms with Gasteiger partial charge in [-0.1, -0.05) is 13.0 Å². The van der Waals surface area contributed by atoms with Crippen LogP contribution < -0.4 is 10.1 Å². The van der Waals surface area contributed by atoms with E-state index in [1.165, 1.54) is 11.8 Å². The summed E-state index contributed by atoms with van der Waals surface area (Å²) in [6.45, 7) is 6.13. The van der Waals surface area contributed by atoms with E-state index in [0.29, 0.717) is 51.2 Å². The second-order valence-corrected chi connectivity index (χ2v) is 6.49. The summed E-state index contributed by atoms with van der Waals surface area (Å²) in [7, 11) is 1.67. The Kier molecular flexibility index (Phi) is 7.70. The number of halogens is 3. The largest absolute Gasteiger partial charge is 0.478 e. The second kappa shape index (κ2) is 9.77. The molecule has 1 fully saturated rings.